The van der Waals surface area contributed by atoms with Gasteiger partial charge >= 0.3 is 0 Å². The van der Waals surface area contributed by atoms with Crippen molar-refractivity contribution in [2.75, 3.05) is 6.61 Å². The van der Waals surface area contributed by atoms with Gasteiger partial charge < -0.3 is 9.53 Å². The zero-order chi connectivity index (χ0) is 9.84. The lowest BCUT2D eigenvalue weighted by Gasteiger charge is -2.08. The lowest BCUT2D eigenvalue weighted by molar-refractivity contribution is -0.123. The largest absolute Gasteiger partial charge is 0.498 e. The van der Waals surface area contributed by atoms with Crippen molar-refractivity contribution in [2.45, 2.75) is 20.3 Å². The van der Waals surface area contributed by atoms with E-state index in [-0.39, 0.29) is 5.78 Å². The number of allylic oxidation sites excluding steroid dienone is 2. The molecule has 1 unspecified atom stereocenters. The molecule has 0 aromatic heterocycles. The number of carbonyl (C=O) groups is 2. The maximum atomic E-state index is 11.1. The van der Waals surface area contributed by atoms with Crippen LogP contribution in [-0.2, 0) is 14.3 Å². The van der Waals surface area contributed by atoms with Gasteiger partial charge in [0.15, 0.2) is 5.78 Å². The third kappa shape index (κ3) is 2.68. The summed E-state index contributed by atoms with van der Waals surface area (Å²) in [6.45, 7) is 4.67. The van der Waals surface area contributed by atoms with Crippen LogP contribution in [0.2, 0.25) is 0 Å². The number of ether oxygens (including phenoxy) is 1. The van der Waals surface area contributed by atoms with Crippen molar-refractivity contribution in [1.82, 2.24) is 0 Å². The number of aldehydes is 1. The van der Waals surface area contributed by atoms with E-state index in [9.17, 15) is 9.59 Å². The monoisotopic (exact) mass is 182 g/mol. The first kappa shape index (κ1) is 9.96. The summed E-state index contributed by atoms with van der Waals surface area (Å²) in [5.74, 6) is 0.456. The van der Waals surface area contributed by atoms with Crippen molar-refractivity contribution < 1.29 is 14.3 Å². The third-order valence-corrected chi connectivity index (χ3v) is 1.86. The van der Waals surface area contributed by atoms with Gasteiger partial charge in [0, 0.05) is 12.5 Å². The van der Waals surface area contributed by atoms with E-state index in [1.165, 1.54) is 6.08 Å². The highest BCUT2D eigenvalue weighted by Gasteiger charge is 2.25. The SMILES string of the molecule is CC(C)COC1=CC(=O)C(C=O)C1. The summed E-state index contributed by atoms with van der Waals surface area (Å²) < 4.78 is 5.35. The van der Waals surface area contributed by atoms with Gasteiger partial charge in [0.1, 0.15) is 12.0 Å². The van der Waals surface area contributed by atoms with Gasteiger partial charge in [-0.05, 0) is 5.92 Å². The Hall–Kier alpha value is -1.12. The molecule has 1 rings (SSSR count). The van der Waals surface area contributed by atoms with Crippen LogP contribution in [-0.4, -0.2) is 18.7 Å². The normalized spacial score (nSPS) is 21.9. The molecule has 0 bridgehead atoms. The molecule has 1 atom stereocenters. The maximum Gasteiger partial charge on any atom is 0.169 e. The summed E-state index contributed by atoms with van der Waals surface area (Å²) in [4.78, 5) is 21.5. The Morgan fingerprint density at radius 1 is 1.69 bits per heavy atom. The summed E-state index contributed by atoms with van der Waals surface area (Å²) in [6.07, 6.45) is 2.56. The van der Waals surface area contributed by atoms with Crippen molar-refractivity contribution in [1.29, 1.82) is 0 Å². The predicted molar refractivity (Wildman–Crippen MR) is 48.1 cm³/mol. The van der Waals surface area contributed by atoms with Crippen molar-refractivity contribution in [3.63, 3.8) is 0 Å². The van der Waals surface area contributed by atoms with Crippen LogP contribution in [0.4, 0.5) is 0 Å². The van der Waals surface area contributed by atoms with Crippen molar-refractivity contribution in [3.05, 3.63) is 11.8 Å². The van der Waals surface area contributed by atoms with Gasteiger partial charge in [-0.15, -0.1) is 0 Å². The summed E-state index contributed by atoms with van der Waals surface area (Å²) in [7, 11) is 0. The van der Waals surface area contributed by atoms with Crippen molar-refractivity contribution in [2.24, 2.45) is 11.8 Å². The van der Waals surface area contributed by atoms with E-state index in [0.717, 1.165) is 0 Å². The molecule has 13 heavy (non-hydrogen) atoms. The molecule has 0 amide bonds. The molecule has 0 saturated heterocycles. The maximum absolute atomic E-state index is 11.1. The van der Waals surface area contributed by atoms with Crippen LogP contribution in [0.3, 0.4) is 0 Å². The standard InChI is InChI=1S/C10H14O3/c1-7(2)6-13-9-3-8(5-11)10(12)4-9/h4-5,7-8H,3,6H2,1-2H3. The summed E-state index contributed by atoms with van der Waals surface area (Å²) in [5.41, 5.74) is 0. The minimum absolute atomic E-state index is 0.131. The molecule has 72 valence electrons. The molecule has 1 aliphatic rings. The quantitative estimate of drug-likeness (QED) is 0.486. The van der Waals surface area contributed by atoms with E-state index < -0.39 is 5.92 Å². The minimum atomic E-state index is -0.498. The van der Waals surface area contributed by atoms with E-state index in [1.54, 1.807) is 0 Å². The summed E-state index contributed by atoms with van der Waals surface area (Å²) >= 11 is 0. The van der Waals surface area contributed by atoms with Crippen LogP contribution in [0.25, 0.3) is 0 Å². The Morgan fingerprint density at radius 3 is 2.85 bits per heavy atom. The molecular formula is C10H14O3. The Bertz CT molecular complexity index is 241. The van der Waals surface area contributed by atoms with E-state index in [2.05, 4.69) is 0 Å². The zero-order valence-corrected chi connectivity index (χ0v) is 7.95. The van der Waals surface area contributed by atoms with Gasteiger partial charge in [-0.3, -0.25) is 4.79 Å². The Morgan fingerprint density at radius 2 is 2.38 bits per heavy atom. The fourth-order valence-electron chi connectivity index (χ4n) is 1.13. The smallest absolute Gasteiger partial charge is 0.169 e. The fraction of sp³-hybridized carbons (Fsp3) is 0.600. The first-order valence-corrected chi connectivity index (χ1v) is 4.46. The van der Waals surface area contributed by atoms with Crippen LogP contribution in [0.15, 0.2) is 11.8 Å². The first-order chi connectivity index (χ1) is 6.13. The topological polar surface area (TPSA) is 43.4 Å². The molecule has 0 saturated carbocycles. The molecule has 0 N–H and O–H groups in total. The van der Waals surface area contributed by atoms with Gasteiger partial charge in [0.05, 0.1) is 12.5 Å². The second-order valence-electron chi connectivity index (χ2n) is 3.66. The Kier molecular flexibility index (Phi) is 3.23. The molecular weight excluding hydrogens is 168 g/mol. The average Bonchev–Trinajstić information content (AvgIpc) is 2.43. The van der Waals surface area contributed by atoms with Crippen LogP contribution in [0.5, 0.6) is 0 Å². The van der Waals surface area contributed by atoms with E-state index in [1.807, 2.05) is 13.8 Å². The highest BCUT2D eigenvalue weighted by Crippen LogP contribution is 2.21. The van der Waals surface area contributed by atoms with E-state index in [0.29, 0.717) is 31.0 Å². The highest BCUT2D eigenvalue weighted by molar-refractivity contribution is 6.03. The number of rotatable bonds is 4. The van der Waals surface area contributed by atoms with Gasteiger partial charge in [0.25, 0.3) is 0 Å². The molecule has 0 aromatic carbocycles. The molecule has 0 heterocycles. The van der Waals surface area contributed by atoms with Crippen LogP contribution in [0.1, 0.15) is 20.3 Å². The second kappa shape index (κ2) is 4.21. The number of ketones is 1. The molecule has 0 fully saturated rings. The Balaban J connectivity index is 2.42. The van der Waals surface area contributed by atoms with Gasteiger partial charge in [0.2, 0.25) is 0 Å². The van der Waals surface area contributed by atoms with Gasteiger partial charge in [-0.2, -0.15) is 0 Å². The highest BCUT2D eigenvalue weighted by atomic mass is 16.5. The minimum Gasteiger partial charge on any atom is -0.498 e. The van der Waals surface area contributed by atoms with Crippen molar-refractivity contribution >= 4 is 12.1 Å². The van der Waals surface area contributed by atoms with E-state index in [4.69, 9.17) is 4.74 Å². The molecule has 3 nitrogen and oxygen atoms in total. The number of carbonyl (C=O) groups excluding carboxylic acids is 2. The second-order valence-corrected chi connectivity index (χ2v) is 3.66. The summed E-state index contributed by atoms with van der Waals surface area (Å²) in [5, 5.41) is 0. The van der Waals surface area contributed by atoms with Crippen LogP contribution >= 0.6 is 0 Å². The van der Waals surface area contributed by atoms with Gasteiger partial charge in [-0.1, -0.05) is 13.8 Å². The lowest BCUT2D eigenvalue weighted by Crippen LogP contribution is -2.07. The number of hydrogen-bond acceptors (Lipinski definition) is 3. The zero-order valence-electron chi connectivity index (χ0n) is 7.95. The molecule has 1 aliphatic carbocycles. The summed E-state index contributed by atoms with van der Waals surface area (Å²) in [6, 6.07) is 0. The van der Waals surface area contributed by atoms with Crippen LogP contribution < -0.4 is 0 Å². The molecule has 0 aliphatic heterocycles. The van der Waals surface area contributed by atoms with Crippen molar-refractivity contribution in [3.8, 4) is 0 Å². The predicted octanol–water partition coefficient (Wildman–Crippen LogP) is 1.33. The molecule has 3 heteroatoms. The van der Waals surface area contributed by atoms with Gasteiger partial charge in [-0.25, -0.2) is 0 Å². The first-order valence-electron chi connectivity index (χ1n) is 4.46. The fourth-order valence-corrected chi connectivity index (χ4v) is 1.13. The molecule has 0 aromatic rings. The van der Waals surface area contributed by atoms with Crippen LogP contribution in [0, 0.1) is 11.8 Å². The third-order valence-electron chi connectivity index (χ3n) is 1.86. The van der Waals surface area contributed by atoms with E-state index >= 15 is 0 Å². The number of hydrogen-bond donors (Lipinski definition) is 0. The lowest BCUT2D eigenvalue weighted by atomic mass is 10.1. The Labute approximate surface area is 77.8 Å². The molecule has 0 spiro atoms. The molecule has 0 radical (unpaired) electrons. The average molecular weight is 182 g/mol.